The Bertz CT molecular complexity index is 496. The molecular formula is C11H12FN3O. The van der Waals surface area contributed by atoms with Gasteiger partial charge in [0.25, 0.3) is 0 Å². The van der Waals surface area contributed by atoms with Gasteiger partial charge in [-0.25, -0.2) is 4.39 Å². The molecule has 1 heterocycles. The molecule has 2 rings (SSSR count). The van der Waals surface area contributed by atoms with Crippen molar-refractivity contribution in [3.8, 4) is 5.75 Å². The van der Waals surface area contributed by atoms with Crippen LogP contribution in [0.5, 0.6) is 5.75 Å². The number of ether oxygens (including phenoxy) is 1. The zero-order chi connectivity index (χ0) is 11.5. The van der Waals surface area contributed by atoms with Crippen LogP contribution in [0.1, 0.15) is 5.56 Å². The predicted octanol–water partition coefficient (Wildman–Crippen LogP) is 1.72. The van der Waals surface area contributed by atoms with Crippen molar-refractivity contribution < 1.29 is 9.13 Å². The third-order valence-electron chi connectivity index (χ3n) is 2.13. The van der Waals surface area contributed by atoms with Crippen molar-refractivity contribution in [2.24, 2.45) is 7.05 Å². The molecule has 4 nitrogen and oxygen atoms in total. The van der Waals surface area contributed by atoms with Crippen LogP contribution in [0.3, 0.4) is 0 Å². The van der Waals surface area contributed by atoms with Gasteiger partial charge in [-0.1, -0.05) is 0 Å². The fourth-order valence-corrected chi connectivity index (χ4v) is 1.34. The summed E-state index contributed by atoms with van der Waals surface area (Å²) in [4.78, 5) is 0. The second-order valence-corrected chi connectivity index (χ2v) is 3.49. The number of rotatable bonds is 3. The number of nitrogens with two attached hydrogens (primary N) is 1. The third kappa shape index (κ3) is 2.31. The van der Waals surface area contributed by atoms with Gasteiger partial charge >= 0.3 is 0 Å². The maximum absolute atomic E-state index is 12.9. The third-order valence-corrected chi connectivity index (χ3v) is 2.13. The van der Waals surface area contributed by atoms with Crippen LogP contribution in [0.15, 0.2) is 30.6 Å². The molecule has 0 amide bonds. The summed E-state index contributed by atoms with van der Waals surface area (Å²) in [5, 5.41) is 4.00. The van der Waals surface area contributed by atoms with E-state index in [4.69, 9.17) is 10.5 Å². The van der Waals surface area contributed by atoms with Crippen molar-refractivity contribution in [2.45, 2.75) is 6.61 Å². The number of hydrogen-bond acceptors (Lipinski definition) is 3. The first-order valence-electron chi connectivity index (χ1n) is 4.80. The van der Waals surface area contributed by atoms with Crippen LogP contribution in [-0.2, 0) is 13.7 Å². The summed E-state index contributed by atoms with van der Waals surface area (Å²) < 4.78 is 20.0. The molecule has 2 aromatic rings. The Kier molecular flexibility index (Phi) is 2.76. The number of aromatic nitrogens is 2. The van der Waals surface area contributed by atoms with Crippen molar-refractivity contribution in [1.29, 1.82) is 0 Å². The number of nitrogens with zero attached hydrogens (tertiary/aromatic N) is 2. The monoisotopic (exact) mass is 221 g/mol. The lowest BCUT2D eigenvalue weighted by Gasteiger charge is -2.07. The molecule has 0 fully saturated rings. The van der Waals surface area contributed by atoms with Crippen molar-refractivity contribution in [3.05, 3.63) is 42.0 Å². The van der Waals surface area contributed by atoms with Crippen molar-refractivity contribution in [1.82, 2.24) is 9.78 Å². The Labute approximate surface area is 92.4 Å². The molecule has 0 aliphatic heterocycles. The van der Waals surface area contributed by atoms with E-state index in [2.05, 4.69) is 5.10 Å². The van der Waals surface area contributed by atoms with Crippen molar-refractivity contribution >= 4 is 5.69 Å². The molecule has 0 bridgehead atoms. The van der Waals surface area contributed by atoms with Crippen molar-refractivity contribution in [2.75, 3.05) is 5.73 Å². The molecule has 0 saturated carbocycles. The highest BCUT2D eigenvalue weighted by atomic mass is 19.1. The van der Waals surface area contributed by atoms with E-state index in [-0.39, 0.29) is 5.82 Å². The summed E-state index contributed by atoms with van der Waals surface area (Å²) in [5.74, 6) is -0.0146. The van der Waals surface area contributed by atoms with E-state index in [1.807, 2.05) is 13.2 Å². The van der Waals surface area contributed by atoms with Gasteiger partial charge in [-0.05, 0) is 12.1 Å². The highest BCUT2D eigenvalue weighted by molar-refractivity contribution is 5.52. The molecule has 1 aromatic carbocycles. The standard InChI is InChI=1S/C11H12FN3O/c1-15-6-8(5-14-15)7-16-11-4-9(12)2-3-10(11)13/h2-6H,7,13H2,1H3. The molecule has 16 heavy (non-hydrogen) atoms. The number of anilines is 1. The van der Waals surface area contributed by atoms with E-state index < -0.39 is 0 Å². The molecule has 0 saturated heterocycles. The van der Waals surface area contributed by atoms with Crippen LogP contribution in [0.25, 0.3) is 0 Å². The quantitative estimate of drug-likeness (QED) is 0.803. The maximum Gasteiger partial charge on any atom is 0.145 e. The average Bonchev–Trinajstić information content (AvgIpc) is 2.66. The summed E-state index contributed by atoms with van der Waals surface area (Å²) in [6.07, 6.45) is 3.52. The summed E-state index contributed by atoms with van der Waals surface area (Å²) in [7, 11) is 1.82. The van der Waals surface area contributed by atoms with Crippen molar-refractivity contribution in [3.63, 3.8) is 0 Å². The minimum Gasteiger partial charge on any atom is -0.487 e. The Hall–Kier alpha value is -2.04. The van der Waals surface area contributed by atoms with Gasteiger partial charge in [-0.3, -0.25) is 4.68 Å². The normalized spacial score (nSPS) is 10.4. The average molecular weight is 221 g/mol. The Morgan fingerprint density at radius 1 is 1.50 bits per heavy atom. The molecule has 0 unspecified atom stereocenters. The lowest BCUT2D eigenvalue weighted by atomic mass is 10.3. The van der Waals surface area contributed by atoms with E-state index in [9.17, 15) is 4.39 Å². The smallest absolute Gasteiger partial charge is 0.145 e. The van der Waals surface area contributed by atoms with Crippen LogP contribution in [0, 0.1) is 5.82 Å². The SMILES string of the molecule is Cn1cc(COc2cc(F)ccc2N)cn1. The highest BCUT2D eigenvalue weighted by Crippen LogP contribution is 2.22. The molecule has 0 atom stereocenters. The topological polar surface area (TPSA) is 53.1 Å². The van der Waals surface area contributed by atoms with Crippen LogP contribution in [0.4, 0.5) is 10.1 Å². The molecule has 2 N–H and O–H groups in total. The first-order valence-corrected chi connectivity index (χ1v) is 4.80. The number of hydrogen-bond donors (Lipinski definition) is 1. The first kappa shape index (κ1) is 10.5. The molecule has 1 aromatic heterocycles. The minimum atomic E-state index is -0.365. The van der Waals surface area contributed by atoms with E-state index >= 15 is 0 Å². The Balaban J connectivity index is 2.07. The van der Waals surface area contributed by atoms with Gasteiger partial charge in [0.1, 0.15) is 18.2 Å². The predicted molar refractivity (Wildman–Crippen MR) is 58.4 cm³/mol. The van der Waals surface area contributed by atoms with Crippen LogP contribution in [0.2, 0.25) is 0 Å². The van der Waals surface area contributed by atoms with Gasteiger partial charge in [0, 0.05) is 24.9 Å². The molecule has 0 aliphatic carbocycles. The Morgan fingerprint density at radius 2 is 2.31 bits per heavy atom. The molecule has 0 aliphatic rings. The highest BCUT2D eigenvalue weighted by Gasteiger charge is 2.03. The zero-order valence-electron chi connectivity index (χ0n) is 8.85. The molecule has 5 heteroatoms. The second-order valence-electron chi connectivity index (χ2n) is 3.49. The van der Waals surface area contributed by atoms with Gasteiger partial charge in [0.15, 0.2) is 0 Å². The summed E-state index contributed by atoms with van der Waals surface area (Å²) in [5.41, 5.74) is 6.98. The second kappa shape index (κ2) is 4.22. The molecular weight excluding hydrogens is 209 g/mol. The fraction of sp³-hybridized carbons (Fsp3) is 0.182. The lowest BCUT2D eigenvalue weighted by molar-refractivity contribution is 0.306. The number of halogens is 1. The van der Waals surface area contributed by atoms with Crippen LogP contribution < -0.4 is 10.5 Å². The number of benzene rings is 1. The van der Waals surface area contributed by atoms with Crippen LogP contribution in [-0.4, -0.2) is 9.78 Å². The van der Waals surface area contributed by atoms with E-state index in [0.29, 0.717) is 18.0 Å². The molecule has 0 radical (unpaired) electrons. The summed E-state index contributed by atoms with van der Waals surface area (Å²) in [6, 6.07) is 4.05. The number of nitrogen functional groups attached to an aromatic ring is 1. The Morgan fingerprint density at radius 3 is 3.00 bits per heavy atom. The van der Waals surface area contributed by atoms with E-state index in [1.54, 1.807) is 10.9 Å². The minimum absolute atomic E-state index is 0.321. The van der Waals surface area contributed by atoms with E-state index in [1.165, 1.54) is 18.2 Å². The van der Waals surface area contributed by atoms with Gasteiger partial charge in [0.2, 0.25) is 0 Å². The summed E-state index contributed by atoms with van der Waals surface area (Å²) in [6.45, 7) is 0.321. The van der Waals surface area contributed by atoms with Gasteiger partial charge in [-0.2, -0.15) is 5.10 Å². The molecule has 0 spiro atoms. The molecule has 84 valence electrons. The van der Waals surface area contributed by atoms with Gasteiger partial charge < -0.3 is 10.5 Å². The first-order chi connectivity index (χ1) is 7.65. The largest absolute Gasteiger partial charge is 0.487 e. The van der Waals surface area contributed by atoms with Gasteiger partial charge in [0.05, 0.1) is 11.9 Å². The van der Waals surface area contributed by atoms with Crippen LogP contribution >= 0.6 is 0 Å². The number of aryl methyl sites for hydroxylation is 1. The van der Waals surface area contributed by atoms with E-state index in [0.717, 1.165) is 5.56 Å². The summed E-state index contributed by atoms with van der Waals surface area (Å²) >= 11 is 0. The zero-order valence-corrected chi connectivity index (χ0v) is 8.85. The maximum atomic E-state index is 12.9. The van der Waals surface area contributed by atoms with Gasteiger partial charge in [-0.15, -0.1) is 0 Å². The fourth-order valence-electron chi connectivity index (χ4n) is 1.34. The lowest BCUT2D eigenvalue weighted by Crippen LogP contribution is -1.98.